The summed E-state index contributed by atoms with van der Waals surface area (Å²) in [5.41, 5.74) is 2.96. The summed E-state index contributed by atoms with van der Waals surface area (Å²) in [4.78, 5) is 0. The molecular weight excluding hydrogens is 265 g/mol. The number of hydrogen-bond donors (Lipinski definition) is 2. The van der Waals surface area contributed by atoms with Gasteiger partial charge in [0.1, 0.15) is 5.82 Å². The first-order chi connectivity index (χ1) is 8.22. The Morgan fingerprint density at radius 2 is 2.06 bits per heavy atom. The number of nitrogen functional groups attached to an aromatic ring is 1. The zero-order valence-corrected chi connectivity index (χ0v) is 11.3. The van der Waals surface area contributed by atoms with E-state index in [1.54, 1.807) is 11.7 Å². The number of nitrogens with two attached hydrogens (primary N) is 1. The van der Waals surface area contributed by atoms with E-state index in [0.717, 1.165) is 5.69 Å². The predicted octanol–water partition coefficient (Wildman–Crippen LogP) is 2.79. The Labute approximate surface area is 108 Å². The minimum Gasteiger partial charge on any atom is -0.394 e. The summed E-state index contributed by atoms with van der Waals surface area (Å²) >= 11 is -0.0553. The average molecular weight is 282 g/mol. The van der Waals surface area contributed by atoms with Crippen molar-refractivity contribution in [1.29, 1.82) is 0 Å². The average Bonchev–Trinajstić information content (AvgIpc) is 2.49. The van der Waals surface area contributed by atoms with Gasteiger partial charge in [0, 0.05) is 19.3 Å². The van der Waals surface area contributed by atoms with E-state index in [1.165, 1.54) is 0 Å². The molecule has 0 bridgehead atoms. The third-order valence-corrected chi connectivity index (χ3v) is 3.06. The van der Waals surface area contributed by atoms with Crippen LogP contribution in [0.4, 0.5) is 24.7 Å². The highest BCUT2D eigenvalue weighted by Crippen LogP contribution is 2.30. The Morgan fingerprint density at radius 1 is 1.44 bits per heavy atom. The van der Waals surface area contributed by atoms with E-state index >= 15 is 0 Å². The molecule has 0 amide bonds. The van der Waals surface area contributed by atoms with Crippen molar-refractivity contribution in [1.82, 2.24) is 9.78 Å². The second-order valence-corrected chi connectivity index (χ2v) is 5.31. The molecule has 104 valence electrons. The monoisotopic (exact) mass is 282 g/mol. The molecule has 1 rings (SSSR count). The third-order valence-electron chi connectivity index (χ3n) is 2.32. The van der Waals surface area contributed by atoms with Gasteiger partial charge in [-0.3, -0.25) is 4.68 Å². The number of aromatic nitrogens is 2. The van der Waals surface area contributed by atoms with Gasteiger partial charge in [-0.1, -0.05) is 13.8 Å². The standard InChI is InChI=1S/C10H17F3N4S/c1-6(2)8-7(14)9(17(3)16-8)15-4-5-18-10(11,12)13/h6,15H,4-5,14H2,1-3H3. The summed E-state index contributed by atoms with van der Waals surface area (Å²) in [7, 11) is 1.71. The summed E-state index contributed by atoms with van der Waals surface area (Å²) < 4.78 is 37.4. The minimum absolute atomic E-state index is 0.0553. The lowest BCUT2D eigenvalue weighted by Crippen LogP contribution is -2.12. The number of thioether (sulfide) groups is 1. The molecule has 1 heterocycles. The first-order valence-electron chi connectivity index (χ1n) is 5.49. The van der Waals surface area contributed by atoms with Crippen molar-refractivity contribution in [2.24, 2.45) is 7.05 Å². The number of nitrogens with one attached hydrogen (secondary N) is 1. The lowest BCUT2D eigenvalue weighted by atomic mass is 10.1. The molecular formula is C10H17F3N4S. The largest absolute Gasteiger partial charge is 0.441 e. The number of nitrogens with zero attached hydrogens (tertiary/aromatic N) is 2. The molecule has 0 unspecified atom stereocenters. The number of anilines is 2. The molecule has 1 aromatic heterocycles. The Hall–Kier alpha value is -1.05. The van der Waals surface area contributed by atoms with Crippen molar-refractivity contribution in [3.8, 4) is 0 Å². The van der Waals surface area contributed by atoms with Gasteiger partial charge >= 0.3 is 5.51 Å². The van der Waals surface area contributed by atoms with E-state index in [-0.39, 0.29) is 30.0 Å². The van der Waals surface area contributed by atoms with Crippen molar-refractivity contribution in [2.45, 2.75) is 25.3 Å². The van der Waals surface area contributed by atoms with E-state index in [9.17, 15) is 13.2 Å². The Bertz CT molecular complexity index is 401. The smallest absolute Gasteiger partial charge is 0.394 e. The van der Waals surface area contributed by atoms with Crippen LogP contribution in [0.25, 0.3) is 0 Å². The molecule has 0 aliphatic rings. The molecule has 8 heteroatoms. The summed E-state index contributed by atoms with van der Waals surface area (Å²) in [6.45, 7) is 4.11. The highest BCUT2D eigenvalue weighted by Gasteiger charge is 2.27. The number of halogens is 3. The summed E-state index contributed by atoms with van der Waals surface area (Å²) in [6, 6.07) is 0. The van der Waals surface area contributed by atoms with Crippen LogP contribution >= 0.6 is 11.8 Å². The van der Waals surface area contributed by atoms with Crippen LogP contribution in [-0.4, -0.2) is 27.6 Å². The van der Waals surface area contributed by atoms with Gasteiger partial charge < -0.3 is 11.1 Å². The molecule has 0 spiro atoms. The molecule has 3 N–H and O–H groups in total. The van der Waals surface area contributed by atoms with Crippen LogP contribution in [0, 0.1) is 0 Å². The molecule has 18 heavy (non-hydrogen) atoms. The number of hydrogen-bond acceptors (Lipinski definition) is 4. The van der Waals surface area contributed by atoms with Gasteiger partial charge in [-0.25, -0.2) is 0 Å². The first-order valence-corrected chi connectivity index (χ1v) is 6.48. The van der Waals surface area contributed by atoms with Crippen LogP contribution in [-0.2, 0) is 7.05 Å². The van der Waals surface area contributed by atoms with Crippen LogP contribution in [0.2, 0.25) is 0 Å². The molecule has 0 aromatic carbocycles. The number of alkyl halides is 3. The Kier molecular flexibility index (Phi) is 4.78. The van der Waals surface area contributed by atoms with Gasteiger partial charge in [0.25, 0.3) is 0 Å². The molecule has 0 aliphatic carbocycles. The van der Waals surface area contributed by atoms with E-state index in [1.807, 2.05) is 13.8 Å². The van der Waals surface area contributed by atoms with Crippen LogP contribution in [0.5, 0.6) is 0 Å². The minimum atomic E-state index is -4.19. The maximum absolute atomic E-state index is 11.9. The van der Waals surface area contributed by atoms with Crippen LogP contribution in [0.3, 0.4) is 0 Å². The van der Waals surface area contributed by atoms with Gasteiger partial charge in [-0.2, -0.15) is 18.3 Å². The second kappa shape index (κ2) is 5.73. The maximum Gasteiger partial charge on any atom is 0.441 e. The molecule has 0 saturated heterocycles. The first kappa shape index (κ1) is 15.0. The molecule has 0 fully saturated rings. The SMILES string of the molecule is CC(C)c1nn(C)c(NCCSC(F)(F)F)c1N. The lowest BCUT2D eigenvalue weighted by molar-refractivity contribution is -0.0327. The second-order valence-electron chi connectivity index (χ2n) is 4.15. The summed E-state index contributed by atoms with van der Waals surface area (Å²) in [5.74, 6) is 0.684. The van der Waals surface area contributed by atoms with Gasteiger partial charge in [-0.15, -0.1) is 0 Å². The van der Waals surface area contributed by atoms with Gasteiger partial charge in [0.2, 0.25) is 0 Å². The van der Waals surface area contributed by atoms with E-state index < -0.39 is 5.51 Å². The highest BCUT2D eigenvalue weighted by atomic mass is 32.2. The summed E-state index contributed by atoms with van der Waals surface area (Å²) in [6.07, 6.45) is 0. The molecule has 0 saturated carbocycles. The Balaban J connectivity index is 2.58. The van der Waals surface area contributed by atoms with Crippen LogP contribution < -0.4 is 11.1 Å². The molecule has 4 nitrogen and oxygen atoms in total. The van der Waals surface area contributed by atoms with Crippen LogP contribution in [0.1, 0.15) is 25.5 Å². The molecule has 0 aliphatic heterocycles. The van der Waals surface area contributed by atoms with Crippen LogP contribution in [0.15, 0.2) is 0 Å². The topological polar surface area (TPSA) is 55.9 Å². The maximum atomic E-state index is 11.9. The van der Waals surface area contributed by atoms with E-state index in [2.05, 4.69) is 10.4 Å². The van der Waals surface area contributed by atoms with E-state index in [4.69, 9.17) is 5.73 Å². The fourth-order valence-corrected chi connectivity index (χ4v) is 1.97. The van der Waals surface area contributed by atoms with Crippen molar-refractivity contribution < 1.29 is 13.2 Å². The Morgan fingerprint density at radius 3 is 2.50 bits per heavy atom. The van der Waals surface area contributed by atoms with Crippen molar-refractivity contribution in [3.63, 3.8) is 0 Å². The highest BCUT2D eigenvalue weighted by molar-refractivity contribution is 8.00. The van der Waals surface area contributed by atoms with Crippen molar-refractivity contribution >= 4 is 23.3 Å². The van der Waals surface area contributed by atoms with E-state index in [0.29, 0.717) is 11.5 Å². The van der Waals surface area contributed by atoms with Crippen molar-refractivity contribution in [2.75, 3.05) is 23.3 Å². The van der Waals surface area contributed by atoms with Gasteiger partial charge in [-0.05, 0) is 17.7 Å². The zero-order valence-electron chi connectivity index (χ0n) is 10.5. The normalized spacial score (nSPS) is 12.2. The predicted molar refractivity (Wildman–Crippen MR) is 68.7 cm³/mol. The summed E-state index contributed by atoms with van der Waals surface area (Å²) in [5, 5.41) is 7.12. The number of rotatable bonds is 5. The molecule has 1 aromatic rings. The lowest BCUT2D eigenvalue weighted by Gasteiger charge is -2.09. The fourth-order valence-electron chi connectivity index (χ4n) is 1.53. The fraction of sp³-hybridized carbons (Fsp3) is 0.700. The quantitative estimate of drug-likeness (QED) is 0.815. The van der Waals surface area contributed by atoms with Gasteiger partial charge in [0.05, 0.1) is 11.4 Å². The third kappa shape index (κ3) is 4.01. The number of aryl methyl sites for hydroxylation is 1. The van der Waals surface area contributed by atoms with Gasteiger partial charge in [0.15, 0.2) is 0 Å². The molecule has 0 atom stereocenters. The zero-order chi connectivity index (χ0) is 13.9. The molecule has 0 radical (unpaired) electrons. The van der Waals surface area contributed by atoms with Crippen molar-refractivity contribution in [3.05, 3.63) is 5.69 Å².